The third-order valence-electron chi connectivity index (χ3n) is 2.84. The van der Waals surface area contributed by atoms with Gasteiger partial charge in [-0.1, -0.05) is 0 Å². The molecular weight excluding hydrogens is 274 g/mol. The number of hydrogen-bond acceptors (Lipinski definition) is 4. The monoisotopic (exact) mass is 292 g/mol. The number of aromatic nitrogens is 2. The number of benzene rings is 1. The molecule has 0 atom stereocenters. The summed E-state index contributed by atoms with van der Waals surface area (Å²) in [6, 6.07) is 5.34. The lowest BCUT2D eigenvalue weighted by Crippen LogP contribution is -2.09. The fraction of sp³-hybridized carbons (Fsp3) is 0.333. The molecule has 112 valence electrons. The second-order valence-corrected chi connectivity index (χ2v) is 4.67. The summed E-state index contributed by atoms with van der Waals surface area (Å²) < 4.78 is 26.2. The van der Waals surface area contributed by atoms with Crippen molar-refractivity contribution in [2.45, 2.75) is 20.3 Å². The number of hydrogen-bond donors (Lipinski definition) is 2. The largest absolute Gasteiger partial charge is 0.370 e. The Kier molecular flexibility index (Phi) is 5.03. The van der Waals surface area contributed by atoms with Crippen LogP contribution in [-0.4, -0.2) is 23.1 Å². The molecule has 0 unspecified atom stereocenters. The van der Waals surface area contributed by atoms with Gasteiger partial charge in [0.05, 0.1) is 0 Å². The van der Waals surface area contributed by atoms with Crippen molar-refractivity contribution in [1.29, 1.82) is 0 Å². The zero-order chi connectivity index (χ0) is 15.2. The molecule has 2 N–H and O–H groups in total. The first-order valence-corrected chi connectivity index (χ1v) is 6.85. The molecule has 2 aromatic rings. The summed E-state index contributed by atoms with van der Waals surface area (Å²) in [4.78, 5) is 8.52. The second-order valence-electron chi connectivity index (χ2n) is 4.67. The van der Waals surface area contributed by atoms with Gasteiger partial charge in [-0.05, 0) is 38.0 Å². The van der Waals surface area contributed by atoms with Crippen LogP contribution in [0.5, 0.6) is 0 Å². The van der Waals surface area contributed by atoms with Gasteiger partial charge in [0, 0.05) is 25.2 Å². The van der Waals surface area contributed by atoms with Gasteiger partial charge in [0.1, 0.15) is 29.1 Å². The molecule has 0 saturated carbocycles. The van der Waals surface area contributed by atoms with E-state index in [0.29, 0.717) is 30.2 Å². The van der Waals surface area contributed by atoms with Crippen molar-refractivity contribution in [3.05, 3.63) is 47.3 Å². The van der Waals surface area contributed by atoms with Gasteiger partial charge < -0.3 is 10.6 Å². The Morgan fingerprint density at radius 1 is 0.952 bits per heavy atom. The molecule has 2 rings (SSSR count). The van der Waals surface area contributed by atoms with E-state index in [1.807, 2.05) is 19.9 Å². The summed E-state index contributed by atoms with van der Waals surface area (Å²) in [5.41, 5.74) is 0.609. The molecular formula is C15H18F2N4. The lowest BCUT2D eigenvalue weighted by atomic mass is 10.1. The van der Waals surface area contributed by atoms with Crippen LogP contribution in [0.1, 0.15) is 18.3 Å². The Bertz CT molecular complexity index is 596. The van der Waals surface area contributed by atoms with Crippen LogP contribution < -0.4 is 10.6 Å². The first-order valence-electron chi connectivity index (χ1n) is 6.85. The van der Waals surface area contributed by atoms with Crippen molar-refractivity contribution in [3.63, 3.8) is 0 Å². The lowest BCUT2D eigenvalue weighted by molar-refractivity contribution is 0.580. The van der Waals surface area contributed by atoms with Crippen LogP contribution in [-0.2, 0) is 6.42 Å². The van der Waals surface area contributed by atoms with Crippen LogP contribution >= 0.6 is 0 Å². The predicted molar refractivity (Wildman–Crippen MR) is 79.5 cm³/mol. The molecule has 0 aliphatic rings. The minimum atomic E-state index is -0.558. The van der Waals surface area contributed by atoms with Crippen LogP contribution in [0.25, 0.3) is 0 Å². The number of nitrogens with zero attached hydrogens (tertiary/aromatic N) is 2. The van der Waals surface area contributed by atoms with E-state index in [2.05, 4.69) is 20.6 Å². The van der Waals surface area contributed by atoms with Crippen LogP contribution in [0, 0.1) is 18.6 Å². The highest BCUT2D eigenvalue weighted by molar-refractivity contribution is 5.47. The fourth-order valence-corrected chi connectivity index (χ4v) is 2.02. The first-order chi connectivity index (χ1) is 10.1. The molecule has 1 heterocycles. The van der Waals surface area contributed by atoms with E-state index in [9.17, 15) is 8.78 Å². The number of nitrogens with one attached hydrogen (secondary N) is 2. The Morgan fingerprint density at radius 3 is 2.19 bits per heavy atom. The van der Waals surface area contributed by atoms with E-state index in [4.69, 9.17) is 0 Å². The third-order valence-corrected chi connectivity index (χ3v) is 2.84. The van der Waals surface area contributed by atoms with Crippen LogP contribution in [0.15, 0.2) is 24.3 Å². The Balaban J connectivity index is 1.96. The van der Waals surface area contributed by atoms with E-state index in [-0.39, 0.29) is 0 Å². The molecule has 0 amide bonds. The second kappa shape index (κ2) is 6.97. The summed E-state index contributed by atoms with van der Waals surface area (Å²) in [6.45, 7) is 5.11. The standard InChI is InChI=1S/C15H18F2N4/c1-3-18-14-9-15(21-10(2)20-14)19-5-4-11-6-12(16)8-13(17)7-11/h6-9H,3-5H2,1-2H3,(H2,18,19,20,21). The molecule has 4 nitrogen and oxygen atoms in total. The molecule has 0 bridgehead atoms. The van der Waals surface area contributed by atoms with Crippen LogP contribution in [0.4, 0.5) is 20.4 Å². The van der Waals surface area contributed by atoms with E-state index in [1.54, 1.807) is 0 Å². The Hall–Kier alpha value is -2.24. The van der Waals surface area contributed by atoms with Gasteiger partial charge in [0.25, 0.3) is 0 Å². The van der Waals surface area contributed by atoms with E-state index >= 15 is 0 Å². The zero-order valence-electron chi connectivity index (χ0n) is 12.1. The molecule has 0 fully saturated rings. The topological polar surface area (TPSA) is 49.8 Å². The highest BCUT2D eigenvalue weighted by Crippen LogP contribution is 2.12. The number of rotatable bonds is 6. The summed E-state index contributed by atoms with van der Waals surface area (Å²) in [5.74, 6) is 0.988. The smallest absolute Gasteiger partial charge is 0.131 e. The maximum Gasteiger partial charge on any atom is 0.131 e. The van der Waals surface area contributed by atoms with Crippen LogP contribution in [0.3, 0.4) is 0 Å². The van der Waals surface area contributed by atoms with Crippen molar-refractivity contribution in [1.82, 2.24) is 9.97 Å². The van der Waals surface area contributed by atoms with Gasteiger partial charge >= 0.3 is 0 Å². The van der Waals surface area contributed by atoms with E-state index in [0.717, 1.165) is 18.4 Å². The molecule has 21 heavy (non-hydrogen) atoms. The quantitative estimate of drug-likeness (QED) is 0.858. The normalized spacial score (nSPS) is 10.5. The molecule has 0 aliphatic carbocycles. The van der Waals surface area contributed by atoms with Gasteiger partial charge in [-0.25, -0.2) is 18.7 Å². The summed E-state index contributed by atoms with van der Waals surface area (Å²) >= 11 is 0. The average molecular weight is 292 g/mol. The van der Waals surface area contributed by atoms with Crippen molar-refractivity contribution in [2.75, 3.05) is 23.7 Å². The van der Waals surface area contributed by atoms with Gasteiger partial charge in [-0.15, -0.1) is 0 Å². The molecule has 1 aromatic carbocycles. The zero-order valence-corrected chi connectivity index (χ0v) is 12.1. The summed E-state index contributed by atoms with van der Waals surface area (Å²) in [7, 11) is 0. The van der Waals surface area contributed by atoms with Crippen molar-refractivity contribution in [2.24, 2.45) is 0 Å². The van der Waals surface area contributed by atoms with Gasteiger partial charge in [0.2, 0.25) is 0 Å². The van der Waals surface area contributed by atoms with Crippen molar-refractivity contribution < 1.29 is 8.78 Å². The Labute approximate surface area is 122 Å². The number of halogens is 2. The Morgan fingerprint density at radius 2 is 1.57 bits per heavy atom. The molecule has 0 radical (unpaired) electrons. The molecule has 0 spiro atoms. The predicted octanol–water partition coefficient (Wildman–Crippen LogP) is 3.15. The SMILES string of the molecule is CCNc1cc(NCCc2cc(F)cc(F)c2)nc(C)n1. The molecule has 0 saturated heterocycles. The van der Waals surface area contributed by atoms with Gasteiger partial charge in [0.15, 0.2) is 0 Å². The summed E-state index contributed by atoms with van der Waals surface area (Å²) in [6.07, 6.45) is 0.508. The van der Waals surface area contributed by atoms with Crippen molar-refractivity contribution in [3.8, 4) is 0 Å². The van der Waals surface area contributed by atoms with Gasteiger partial charge in [-0.2, -0.15) is 0 Å². The fourth-order valence-electron chi connectivity index (χ4n) is 2.02. The van der Waals surface area contributed by atoms with Crippen molar-refractivity contribution >= 4 is 11.6 Å². The molecule has 6 heteroatoms. The van der Waals surface area contributed by atoms with E-state index in [1.165, 1.54) is 12.1 Å². The van der Waals surface area contributed by atoms with Crippen LogP contribution in [0.2, 0.25) is 0 Å². The van der Waals surface area contributed by atoms with E-state index < -0.39 is 11.6 Å². The van der Waals surface area contributed by atoms with Gasteiger partial charge in [-0.3, -0.25) is 0 Å². The lowest BCUT2D eigenvalue weighted by Gasteiger charge is -2.09. The first kappa shape index (κ1) is 15.2. The highest BCUT2D eigenvalue weighted by Gasteiger charge is 2.03. The minimum absolute atomic E-state index is 0.508. The number of anilines is 2. The third kappa shape index (κ3) is 4.66. The minimum Gasteiger partial charge on any atom is -0.370 e. The maximum atomic E-state index is 13.1. The molecule has 0 aliphatic heterocycles. The maximum absolute atomic E-state index is 13.1. The highest BCUT2D eigenvalue weighted by atomic mass is 19.1. The number of aryl methyl sites for hydroxylation is 1. The average Bonchev–Trinajstić information content (AvgIpc) is 2.37. The molecule has 1 aromatic heterocycles. The summed E-state index contributed by atoms with van der Waals surface area (Å²) in [5, 5.41) is 6.26.